The number of rotatable bonds is 15. The Labute approximate surface area is 155 Å². The van der Waals surface area contributed by atoms with E-state index in [0.717, 1.165) is 0 Å². The lowest BCUT2D eigenvalue weighted by molar-refractivity contribution is -0.141. The van der Waals surface area contributed by atoms with Gasteiger partial charge in [-0.15, -0.1) is 0 Å². The van der Waals surface area contributed by atoms with Crippen molar-refractivity contribution in [3.8, 4) is 0 Å². The molecule has 0 rings (SSSR count). The van der Waals surface area contributed by atoms with Crippen LogP contribution in [0.5, 0.6) is 0 Å². The van der Waals surface area contributed by atoms with Crippen LogP contribution in [0.3, 0.4) is 0 Å². The van der Waals surface area contributed by atoms with Crippen LogP contribution in [0.15, 0.2) is 0 Å². The molecule has 0 bridgehead atoms. The quantitative estimate of drug-likeness (QED) is 0.387. The highest BCUT2D eigenvalue weighted by Crippen LogP contribution is 2.01. The number of ketones is 2. The number of carbonyl (C=O) groups is 4. The Hall–Kier alpha value is -1.80. The van der Waals surface area contributed by atoms with Crippen LogP contribution in [-0.4, -0.2) is 86.8 Å². The molecule has 0 aromatic rings. The van der Waals surface area contributed by atoms with E-state index in [2.05, 4.69) is 14.4 Å². The molecule has 0 aromatic carbocycles. The molecule has 0 spiro atoms. The second kappa shape index (κ2) is 14.4. The number of esters is 2. The van der Waals surface area contributed by atoms with E-state index < -0.39 is 0 Å². The van der Waals surface area contributed by atoms with Gasteiger partial charge in [0.25, 0.3) is 0 Å². The number of nitrogens with zero attached hydrogens (tertiary/aromatic N) is 2. The summed E-state index contributed by atoms with van der Waals surface area (Å²) in [6, 6.07) is 0. The predicted octanol–water partition coefficient (Wildman–Crippen LogP) is 0.675. The minimum Gasteiger partial charge on any atom is -0.469 e. The first-order chi connectivity index (χ1) is 12.3. The van der Waals surface area contributed by atoms with E-state index in [1.165, 1.54) is 14.2 Å². The Bertz CT molecular complexity index is 429. The molecule has 8 heteroatoms. The number of hydrogen-bond acceptors (Lipinski definition) is 8. The zero-order chi connectivity index (χ0) is 19.9. The first kappa shape index (κ1) is 24.2. The molecule has 150 valence electrons. The highest BCUT2D eigenvalue weighted by atomic mass is 16.5. The van der Waals surface area contributed by atoms with Crippen molar-refractivity contribution in [3.63, 3.8) is 0 Å². The van der Waals surface area contributed by atoms with Gasteiger partial charge in [0.1, 0.15) is 11.6 Å². The van der Waals surface area contributed by atoms with Gasteiger partial charge in [-0.05, 0) is 13.8 Å². The summed E-state index contributed by atoms with van der Waals surface area (Å²) in [5, 5.41) is 0. The highest BCUT2D eigenvalue weighted by Gasteiger charge is 2.14. The van der Waals surface area contributed by atoms with Crippen molar-refractivity contribution in [1.82, 2.24) is 9.80 Å². The fourth-order valence-electron chi connectivity index (χ4n) is 2.29. The maximum Gasteiger partial charge on any atom is 0.306 e. The molecule has 0 atom stereocenters. The molecule has 0 saturated carbocycles. The fraction of sp³-hybridized carbons (Fsp3) is 0.778. The molecule has 26 heavy (non-hydrogen) atoms. The standard InChI is InChI=1S/C18H32N2O6/c1-15(21)5-9-19(10-6-16(2)22)13-14-20(11-7-17(23)25-3)12-8-18(24)26-4/h5-14H2,1-4H3. The van der Waals surface area contributed by atoms with Crippen molar-refractivity contribution in [1.29, 1.82) is 0 Å². The van der Waals surface area contributed by atoms with Gasteiger partial charge in [-0.1, -0.05) is 0 Å². The number of Topliss-reactive ketones (excluding diaryl/α,β-unsaturated/α-hetero) is 2. The van der Waals surface area contributed by atoms with Crippen molar-refractivity contribution < 1.29 is 28.7 Å². The van der Waals surface area contributed by atoms with E-state index in [9.17, 15) is 19.2 Å². The third-order valence-electron chi connectivity index (χ3n) is 4.01. The maximum atomic E-state index is 11.4. The van der Waals surface area contributed by atoms with Gasteiger partial charge in [-0.2, -0.15) is 0 Å². The monoisotopic (exact) mass is 372 g/mol. The van der Waals surface area contributed by atoms with Crippen molar-refractivity contribution >= 4 is 23.5 Å². The summed E-state index contributed by atoms with van der Waals surface area (Å²) in [7, 11) is 2.68. The molecular formula is C18H32N2O6. The molecule has 0 heterocycles. The van der Waals surface area contributed by atoms with Crippen LogP contribution < -0.4 is 0 Å². The van der Waals surface area contributed by atoms with Crippen LogP contribution in [0.25, 0.3) is 0 Å². The summed E-state index contributed by atoms with van der Waals surface area (Å²) in [6.07, 6.45) is 1.33. The summed E-state index contributed by atoms with van der Waals surface area (Å²) in [6.45, 7) is 6.46. The minimum absolute atomic E-state index is 0.103. The number of hydrogen-bond donors (Lipinski definition) is 0. The average Bonchev–Trinajstić information content (AvgIpc) is 2.61. The average molecular weight is 372 g/mol. The molecule has 0 aromatic heterocycles. The second-order valence-electron chi connectivity index (χ2n) is 6.24. The van der Waals surface area contributed by atoms with Gasteiger partial charge in [0.15, 0.2) is 0 Å². The zero-order valence-corrected chi connectivity index (χ0v) is 16.4. The summed E-state index contributed by atoms with van der Waals surface area (Å²) in [5.41, 5.74) is 0. The lowest BCUT2D eigenvalue weighted by Crippen LogP contribution is -2.39. The topological polar surface area (TPSA) is 93.2 Å². The van der Waals surface area contributed by atoms with Crippen LogP contribution in [0.2, 0.25) is 0 Å². The predicted molar refractivity (Wildman–Crippen MR) is 96.7 cm³/mol. The van der Waals surface area contributed by atoms with Crippen LogP contribution >= 0.6 is 0 Å². The third kappa shape index (κ3) is 13.5. The minimum atomic E-state index is -0.307. The number of ether oxygens (including phenoxy) is 2. The Kier molecular flexibility index (Phi) is 13.4. The molecule has 0 aliphatic carbocycles. The first-order valence-electron chi connectivity index (χ1n) is 8.85. The highest BCUT2D eigenvalue weighted by molar-refractivity contribution is 5.76. The summed E-state index contributed by atoms with van der Waals surface area (Å²) >= 11 is 0. The molecule has 0 N–H and O–H groups in total. The fourth-order valence-corrected chi connectivity index (χ4v) is 2.29. The Morgan fingerprint density at radius 1 is 0.577 bits per heavy atom. The van der Waals surface area contributed by atoms with Gasteiger partial charge in [-0.3, -0.25) is 19.2 Å². The van der Waals surface area contributed by atoms with Gasteiger partial charge < -0.3 is 19.3 Å². The lowest BCUT2D eigenvalue weighted by Gasteiger charge is -2.27. The smallest absolute Gasteiger partial charge is 0.306 e. The molecule has 8 nitrogen and oxygen atoms in total. The van der Waals surface area contributed by atoms with E-state index in [0.29, 0.717) is 52.1 Å². The molecule has 0 unspecified atom stereocenters. The van der Waals surface area contributed by atoms with Gasteiger partial charge in [0.2, 0.25) is 0 Å². The van der Waals surface area contributed by atoms with E-state index in [1.54, 1.807) is 13.8 Å². The molecule has 0 aliphatic rings. The van der Waals surface area contributed by atoms with Crippen LogP contribution in [0.1, 0.15) is 39.5 Å². The van der Waals surface area contributed by atoms with E-state index in [-0.39, 0.29) is 36.3 Å². The number of methoxy groups -OCH3 is 2. The first-order valence-corrected chi connectivity index (χ1v) is 8.85. The van der Waals surface area contributed by atoms with Crippen molar-refractivity contribution in [2.45, 2.75) is 39.5 Å². The van der Waals surface area contributed by atoms with Crippen molar-refractivity contribution in [3.05, 3.63) is 0 Å². The SMILES string of the molecule is COC(=O)CCN(CCC(=O)OC)CCN(CCC(C)=O)CCC(C)=O. The van der Waals surface area contributed by atoms with Gasteiger partial charge in [0, 0.05) is 52.1 Å². The molecule has 0 aliphatic heterocycles. The van der Waals surface area contributed by atoms with Crippen LogP contribution in [-0.2, 0) is 28.7 Å². The van der Waals surface area contributed by atoms with Crippen molar-refractivity contribution in [2.75, 3.05) is 53.5 Å². The van der Waals surface area contributed by atoms with E-state index in [4.69, 9.17) is 0 Å². The summed E-state index contributed by atoms with van der Waals surface area (Å²) in [5.74, 6) is -0.409. The molecule has 0 fully saturated rings. The lowest BCUT2D eigenvalue weighted by atomic mass is 10.2. The van der Waals surface area contributed by atoms with E-state index in [1.807, 2.05) is 4.90 Å². The van der Waals surface area contributed by atoms with E-state index >= 15 is 0 Å². The Balaban J connectivity index is 4.64. The van der Waals surface area contributed by atoms with Crippen LogP contribution in [0.4, 0.5) is 0 Å². The Morgan fingerprint density at radius 3 is 1.15 bits per heavy atom. The summed E-state index contributed by atoms with van der Waals surface area (Å²) < 4.78 is 9.32. The number of carbonyl (C=O) groups excluding carboxylic acids is 4. The van der Waals surface area contributed by atoms with Gasteiger partial charge in [-0.25, -0.2) is 0 Å². The second-order valence-corrected chi connectivity index (χ2v) is 6.24. The van der Waals surface area contributed by atoms with Crippen LogP contribution in [0, 0.1) is 0 Å². The third-order valence-corrected chi connectivity index (χ3v) is 4.01. The largest absolute Gasteiger partial charge is 0.469 e. The molecular weight excluding hydrogens is 340 g/mol. The van der Waals surface area contributed by atoms with Gasteiger partial charge in [0.05, 0.1) is 27.1 Å². The maximum absolute atomic E-state index is 11.4. The van der Waals surface area contributed by atoms with Crippen molar-refractivity contribution in [2.24, 2.45) is 0 Å². The molecule has 0 amide bonds. The molecule has 0 saturated heterocycles. The summed E-state index contributed by atoms with van der Waals surface area (Å²) in [4.78, 5) is 49.3. The Morgan fingerprint density at radius 2 is 0.885 bits per heavy atom. The zero-order valence-electron chi connectivity index (χ0n) is 16.4. The van der Waals surface area contributed by atoms with Gasteiger partial charge >= 0.3 is 11.9 Å². The molecule has 0 radical (unpaired) electrons. The normalized spacial score (nSPS) is 10.8.